The lowest BCUT2D eigenvalue weighted by Gasteiger charge is -2.33. The normalized spacial score (nSPS) is 23.3. The molecular weight excluding hydrogens is 423 g/mol. The molecule has 0 bridgehead atoms. The van der Waals surface area contributed by atoms with Crippen LogP contribution in [-0.4, -0.2) is 35.9 Å². The lowest BCUT2D eigenvalue weighted by atomic mass is 9.83. The first kappa shape index (κ1) is 21.7. The molecule has 6 nitrogen and oxygen atoms in total. The van der Waals surface area contributed by atoms with E-state index in [-0.39, 0.29) is 36.1 Å². The van der Waals surface area contributed by atoms with E-state index in [4.69, 9.17) is 15.2 Å². The number of carbonyl (C=O) groups excluding carboxylic acids is 1. The molecule has 32 heavy (non-hydrogen) atoms. The lowest BCUT2D eigenvalue weighted by Crippen LogP contribution is -2.43. The number of nitrogens with zero attached hydrogens (tertiary/aromatic N) is 2. The summed E-state index contributed by atoms with van der Waals surface area (Å²) in [6.45, 7) is 1.90. The van der Waals surface area contributed by atoms with Gasteiger partial charge in [-0.15, -0.1) is 5.92 Å². The number of amidine groups is 1. The lowest BCUT2D eigenvalue weighted by molar-refractivity contribution is 0.0176. The fourth-order valence-corrected chi connectivity index (χ4v) is 3.89. The molecule has 9 heteroatoms. The number of rotatable bonds is 7. The number of alkyl halides is 2. The molecule has 0 radical (unpaired) electrons. The second kappa shape index (κ2) is 8.54. The number of pyridine rings is 1. The standard InChI is InChI=1S/C23H20F3N3O3/c1-2-3-8-31-14-5-7-18(28-12-14)19(30)10-13-4-6-17(24)15(9-13)23(21(25)26)16-11-20(16)32-22(27)29-23/h4-7,9,12,16,20-21H,8,10-11H2,1H3,(H2,27,29)/t16-,20+,23+/m0/s1. The monoisotopic (exact) mass is 443 g/mol. The van der Waals surface area contributed by atoms with Crippen molar-refractivity contribution in [2.45, 2.75) is 37.8 Å². The number of Topliss-reactive ketones (excluding diaryl/α,β-unsaturated/α-hetero) is 1. The molecule has 2 aliphatic rings. The molecule has 0 spiro atoms. The van der Waals surface area contributed by atoms with Gasteiger partial charge in [0.2, 0.25) is 0 Å². The quantitative estimate of drug-likeness (QED) is 0.525. The average molecular weight is 443 g/mol. The zero-order valence-corrected chi connectivity index (χ0v) is 17.1. The van der Waals surface area contributed by atoms with Gasteiger partial charge in [-0.25, -0.2) is 23.1 Å². The minimum atomic E-state index is -2.99. The van der Waals surface area contributed by atoms with E-state index in [1.54, 1.807) is 13.0 Å². The number of ether oxygens (including phenoxy) is 2. The predicted octanol–water partition coefficient (Wildman–Crippen LogP) is 3.24. The minimum absolute atomic E-state index is 0.148. The summed E-state index contributed by atoms with van der Waals surface area (Å²) in [5, 5.41) is 0. The zero-order chi connectivity index (χ0) is 22.9. The molecule has 1 aliphatic heterocycles. The summed E-state index contributed by atoms with van der Waals surface area (Å²) in [5.41, 5.74) is 3.71. The van der Waals surface area contributed by atoms with E-state index < -0.39 is 29.8 Å². The summed E-state index contributed by atoms with van der Waals surface area (Å²) in [7, 11) is 0. The third-order valence-electron chi connectivity index (χ3n) is 5.53. The Labute approximate surface area is 182 Å². The predicted molar refractivity (Wildman–Crippen MR) is 110 cm³/mol. The van der Waals surface area contributed by atoms with E-state index in [1.165, 1.54) is 24.4 Å². The van der Waals surface area contributed by atoms with Crippen LogP contribution in [-0.2, 0) is 16.7 Å². The molecule has 1 fully saturated rings. The van der Waals surface area contributed by atoms with Crippen LogP contribution in [0.25, 0.3) is 0 Å². The summed E-state index contributed by atoms with van der Waals surface area (Å²) in [4.78, 5) is 20.6. The van der Waals surface area contributed by atoms with E-state index in [1.807, 2.05) is 0 Å². The van der Waals surface area contributed by atoms with E-state index in [2.05, 4.69) is 21.8 Å². The number of halogens is 3. The molecule has 0 unspecified atom stereocenters. The number of nitrogens with two attached hydrogens (primary N) is 1. The SMILES string of the molecule is CC#CCOc1ccc(C(=O)Cc2ccc(F)c([C@@]3(C(F)F)N=C(N)O[C@@H]4C[C@@H]43)c2)nc1. The zero-order valence-electron chi connectivity index (χ0n) is 17.1. The van der Waals surface area contributed by atoms with Crippen molar-refractivity contribution in [1.29, 1.82) is 0 Å². The van der Waals surface area contributed by atoms with Gasteiger partial charge in [-0.3, -0.25) is 4.79 Å². The Balaban J connectivity index is 1.57. The second-order valence-electron chi connectivity index (χ2n) is 7.58. The van der Waals surface area contributed by atoms with Crippen molar-refractivity contribution in [3.05, 3.63) is 59.2 Å². The average Bonchev–Trinajstić information content (AvgIpc) is 3.54. The summed E-state index contributed by atoms with van der Waals surface area (Å²) in [6.07, 6.45) is -1.95. The van der Waals surface area contributed by atoms with Crippen molar-refractivity contribution in [3.63, 3.8) is 0 Å². The van der Waals surface area contributed by atoms with Crippen LogP contribution in [0, 0.1) is 23.6 Å². The highest BCUT2D eigenvalue weighted by molar-refractivity contribution is 5.95. The number of hydrogen-bond acceptors (Lipinski definition) is 6. The number of carbonyl (C=O) groups is 1. The van der Waals surface area contributed by atoms with Gasteiger partial charge in [0.15, 0.2) is 11.3 Å². The van der Waals surface area contributed by atoms with Crippen molar-refractivity contribution in [2.75, 3.05) is 6.61 Å². The molecule has 2 N–H and O–H groups in total. The van der Waals surface area contributed by atoms with E-state index >= 15 is 0 Å². The summed E-state index contributed by atoms with van der Waals surface area (Å²) in [5.74, 6) is 4.04. The molecule has 1 aromatic heterocycles. The summed E-state index contributed by atoms with van der Waals surface area (Å²) >= 11 is 0. The molecule has 1 aliphatic carbocycles. The molecule has 0 saturated heterocycles. The molecule has 0 amide bonds. The third kappa shape index (κ3) is 4.00. The van der Waals surface area contributed by atoms with Gasteiger partial charge in [-0.1, -0.05) is 12.0 Å². The maximum absolute atomic E-state index is 14.7. The Hall–Kier alpha value is -3.54. The van der Waals surface area contributed by atoms with Crippen LogP contribution in [0.1, 0.15) is 35.0 Å². The van der Waals surface area contributed by atoms with Crippen molar-refractivity contribution >= 4 is 11.8 Å². The van der Waals surface area contributed by atoms with E-state index in [0.717, 1.165) is 6.07 Å². The highest BCUT2D eigenvalue weighted by atomic mass is 19.3. The topological polar surface area (TPSA) is 86.8 Å². The van der Waals surface area contributed by atoms with Crippen LogP contribution >= 0.6 is 0 Å². The van der Waals surface area contributed by atoms with Crippen LogP contribution in [0.15, 0.2) is 41.5 Å². The highest BCUT2D eigenvalue weighted by Crippen LogP contribution is 2.56. The molecule has 1 aromatic carbocycles. The summed E-state index contributed by atoms with van der Waals surface area (Å²) < 4.78 is 53.7. The van der Waals surface area contributed by atoms with Crippen LogP contribution in [0.5, 0.6) is 5.75 Å². The summed E-state index contributed by atoms with van der Waals surface area (Å²) in [6, 6.07) is 6.42. The van der Waals surface area contributed by atoms with Crippen molar-refractivity contribution in [2.24, 2.45) is 16.6 Å². The Bertz CT molecular complexity index is 1120. The molecule has 2 aromatic rings. The van der Waals surface area contributed by atoms with Crippen molar-refractivity contribution in [3.8, 4) is 17.6 Å². The maximum atomic E-state index is 14.7. The van der Waals surface area contributed by atoms with Crippen molar-refractivity contribution in [1.82, 2.24) is 4.98 Å². The Morgan fingerprint density at radius 1 is 1.38 bits per heavy atom. The molecule has 3 atom stereocenters. The van der Waals surface area contributed by atoms with E-state index in [0.29, 0.717) is 17.7 Å². The number of aromatic nitrogens is 1. The minimum Gasteiger partial charge on any atom is -0.479 e. The molecule has 166 valence electrons. The number of hydrogen-bond donors (Lipinski definition) is 1. The maximum Gasteiger partial charge on any atom is 0.283 e. The second-order valence-corrected chi connectivity index (χ2v) is 7.58. The Morgan fingerprint density at radius 2 is 2.19 bits per heavy atom. The molecule has 1 saturated carbocycles. The first-order chi connectivity index (χ1) is 15.3. The van der Waals surface area contributed by atoms with Crippen LogP contribution < -0.4 is 10.5 Å². The van der Waals surface area contributed by atoms with Gasteiger partial charge in [0, 0.05) is 17.9 Å². The van der Waals surface area contributed by atoms with Gasteiger partial charge in [0.1, 0.15) is 30.0 Å². The molecular formula is C23H20F3N3O3. The first-order valence-corrected chi connectivity index (χ1v) is 9.96. The van der Waals surface area contributed by atoms with Crippen LogP contribution in [0.4, 0.5) is 13.2 Å². The third-order valence-corrected chi connectivity index (χ3v) is 5.53. The highest BCUT2D eigenvalue weighted by Gasteiger charge is 2.64. The van der Waals surface area contributed by atoms with Crippen molar-refractivity contribution < 1.29 is 27.4 Å². The smallest absolute Gasteiger partial charge is 0.283 e. The molecule has 4 rings (SSSR count). The van der Waals surface area contributed by atoms with Gasteiger partial charge in [0.05, 0.1) is 6.20 Å². The number of ketones is 1. The van der Waals surface area contributed by atoms with Gasteiger partial charge in [-0.2, -0.15) is 0 Å². The molecule has 2 heterocycles. The van der Waals surface area contributed by atoms with Gasteiger partial charge in [-0.05, 0) is 43.2 Å². The fraction of sp³-hybridized carbons (Fsp3) is 0.348. The Morgan fingerprint density at radius 3 is 2.88 bits per heavy atom. The number of fused-ring (bicyclic) bond motifs is 1. The van der Waals surface area contributed by atoms with Crippen LogP contribution in [0.3, 0.4) is 0 Å². The Kier molecular flexibility index (Phi) is 5.78. The van der Waals surface area contributed by atoms with Crippen LogP contribution in [0.2, 0.25) is 0 Å². The first-order valence-electron chi connectivity index (χ1n) is 9.96. The van der Waals surface area contributed by atoms with Gasteiger partial charge >= 0.3 is 0 Å². The van der Waals surface area contributed by atoms with Gasteiger partial charge in [0.25, 0.3) is 12.4 Å². The fourth-order valence-electron chi connectivity index (χ4n) is 3.89. The van der Waals surface area contributed by atoms with E-state index in [9.17, 15) is 18.0 Å². The number of aliphatic imine (C=N–C) groups is 1. The largest absolute Gasteiger partial charge is 0.479 e. The van der Waals surface area contributed by atoms with Gasteiger partial charge < -0.3 is 15.2 Å². The number of benzene rings is 1.